The van der Waals surface area contributed by atoms with E-state index in [1.165, 1.54) is 32.1 Å². The number of ether oxygens (including phenoxy) is 2. The Bertz CT molecular complexity index is 452. The summed E-state index contributed by atoms with van der Waals surface area (Å²) in [7, 11) is 0. The molecule has 1 spiro atoms. The van der Waals surface area contributed by atoms with Crippen LogP contribution in [-0.4, -0.2) is 18.3 Å². The molecule has 1 heterocycles. The lowest BCUT2D eigenvalue weighted by atomic mass is 9.98. The van der Waals surface area contributed by atoms with E-state index in [1.54, 1.807) is 0 Å². The number of hydrogen-bond donors (Lipinski definition) is 1. The van der Waals surface area contributed by atoms with E-state index in [2.05, 4.69) is 0 Å². The average molecular weight is 261 g/mol. The summed E-state index contributed by atoms with van der Waals surface area (Å²) in [6.45, 7) is 2.66. The van der Waals surface area contributed by atoms with Gasteiger partial charge in [-0.2, -0.15) is 0 Å². The lowest BCUT2D eigenvalue weighted by Crippen LogP contribution is -2.27. The quantitative estimate of drug-likeness (QED) is 0.848. The Morgan fingerprint density at radius 2 is 2.11 bits per heavy atom. The molecule has 1 unspecified atom stereocenters. The topological polar surface area (TPSA) is 44.5 Å². The molecule has 104 valence electrons. The predicted molar refractivity (Wildman–Crippen MR) is 76.4 cm³/mol. The van der Waals surface area contributed by atoms with Gasteiger partial charge in [-0.05, 0) is 56.4 Å². The van der Waals surface area contributed by atoms with Crippen LogP contribution in [0.1, 0.15) is 44.1 Å². The van der Waals surface area contributed by atoms with Gasteiger partial charge in [0.05, 0.1) is 11.7 Å². The summed E-state index contributed by atoms with van der Waals surface area (Å²) in [4.78, 5) is 0. The molecule has 1 aromatic rings. The van der Waals surface area contributed by atoms with E-state index in [9.17, 15) is 0 Å². The molecule has 0 amide bonds. The van der Waals surface area contributed by atoms with Crippen LogP contribution in [0.2, 0.25) is 0 Å². The number of rotatable bonds is 3. The van der Waals surface area contributed by atoms with Gasteiger partial charge in [0.15, 0.2) is 0 Å². The highest BCUT2D eigenvalue weighted by Gasteiger charge is 2.42. The van der Waals surface area contributed by atoms with E-state index < -0.39 is 0 Å². The van der Waals surface area contributed by atoms with Crippen molar-refractivity contribution in [2.75, 3.05) is 12.3 Å². The first-order chi connectivity index (χ1) is 9.17. The molecule has 2 N–H and O–H groups in total. The molecular formula is C16H23NO2. The van der Waals surface area contributed by atoms with Crippen molar-refractivity contribution < 1.29 is 9.47 Å². The fourth-order valence-corrected chi connectivity index (χ4v) is 3.33. The van der Waals surface area contributed by atoms with E-state index in [0.29, 0.717) is 6.61 Å². The van der Waals surface area contributed by atoms with Crippen molar-refractivity contribution in [1.82, 2.24) is 0 Å². The summed E-state index contributed by atoms with van der Waals surface area (Å²) in [6.07, 6.45) is 7.73. The maximum Gasteiger partial charge on any atom is 0.119 e. The van der Waals surface area contributed by atoms with Crippen molar-refractivity contribution in [2.24, 2.45) is 0 Å². The summed E-state index contributed by atoms with van der Waals surface area (Å²) >= 11 is 0. The van der Waals surface area contributed by atoms with Crippen LogP contribution in [0.4, 0.5) is 5.69 Å². The average Bonchev–Trinajstić information content (AvgIpc) is 3.02. The minimum Gasteiger partial charge on any atom is -0.491 e. The van der Waals surface area contributed by atoms with Gasteiger partial charge < -0.3 is 15.2 Å². The highest BCUT2D eigenvalue weighted by molar-refractivity contribution is 5.49. The first-order valence-corrected chi connectivity index (χ1v) is 7.34. The van der Waals surface area contributed by atoms with Crippen molar-refractivity contribution in [3.05, 3.63) is 23.8 Å². The summed E-state index contributed by atoms with van der Waals surface area (Å²) in [5, 5.41) is 0. The summed E-state index contributed by atoms with van der Waals surface area (Å²) in [5.41, 5.74) is 7.89. The molecule has 0 aromatic heterocycles. The molecule has 3 nitrogen and oxygen atoms in total. The van der Waals surface area contributed by atoms with Crippen LogP contribution in [0.3, 0.4) is 0 Å². The first-order valence-electron chi connectivity index (χ1n) is 7.34. The molecule has 1 saturated carbocycles. The largest absolute Gasteiger partial charge is 0.491 e. The minimum absolute atomic E-state index is 0.199. The Hall–Kier alpha value is -1.22. The number of hydrogen-bond acceptors (Lipinski definition) is 3. The standard InChI is InChI=1S/C16H23NO2/c1-12-10-13(4-5-15(12)17)18-11-14-6-9-16(19-14)7-2-3-8-16/h4-5,10,14H,2-3,6-9,11,17H2,1H3. The van der Waals surface area contributed by atoms with Crippen LogP contribution >= 0.6 is 0 Å². The monoisotopic (exact) mass is 261 g/mol. The van der Waals surface area contributed by atoms with Gasteiger partial charge in [-0.3, -0.25) is 0 Å². The van der Waals surface area contributed by atoms with E-state index >= 15 is 0 Å². The zero-order valence-corrected chi connectivity index (χ0v) is 11.7. The third-order valence-corrected chi connectivity index (χ3v) is 4.53. The van der Waals surface area contributed by atoms with Gasteiger partial charge in [-0.1, -0.05) is 12.8 Å². The predicted octanol–water partition coefficient (Wildman–Crippen LogP) is 3.45. The fourth-order valence-electron chi connectivity index (χ4n) is 3.33. The van der Waals surface area contributed by atoms with Crippen LogP contribution < -0.4 is 10.5 Å². The summed E-state index contributed by atoms with van der Waals surface area (Å²) < 4.78 is 12.1. The third kappa shape index (κ3) is 2.71. The second kappa shape index (κ2) is 5.04. The van der Waals surface area contributed by atoms with Gasteiger partial charge in [0.2, 0.25) is 0 Å². The van der Waals surface area contributed by atoms with Crippen LogP contribution in [0.15, 0.2) is 18.2 Å². The second-order valence-electron chi connectivity index (χ2n) is 6.00. The number of aryl methyl sites for hydroxylation is 1. The molecule has 3 heteroatoms. The molecule has 1 atom stereocenters. The first kappa shape index (κ1) is 12.8. The number of benzene rings is 1. The van der Waals surface area contributed by atoms with Crippen molar-refractivity contribution in [3.63, 3.8) is 0 Å². The molecule has 1 aliphatic carbocycles. The number of anilines is 1. The zero-order valence-electron chi connectivity index (χ0n) is 11.7. The highest BCUT2D eigenvalue weighted by atomic mass is 16.6. The van der Waals surface area contributed by atoms with E-state index in [4.69, 9.17) is 15.2 Å². The molecule has 2 aliphatic rings. The van der Waals surface area contributed by atoms with Crippen LogP contribution in [0.25, 0.3) is 0 Å². The fraction of sp³-hybridized carbons (Fsp3) is 0.625. The summed E-state index contributed by atoms with van der Waals surface area (Å²) in [6, 6.07) is 5.83. The lowest BCUT2D eigenvalue weighted by molar-refractivity contribution is -0.0508. The van der Waals surface area contributed by atoms with Gasteiger partial charge in [-0.25, -0.2) is 0 Å². The van der Waals surface area contributed by atoms with Crippen molar-refractivity contribution in [2.45, 2.75) is 57.2 Å². The molecule has 1 aromatic carbocycles. The van der Waals surface area contributed by atoms with Gasteiger partial charge in [0, 0.05) is 5.69 Å². The van der Waals surface area contributed by atoms with Crippen molar-refractivity contribution in [1.29, 1.82) is 0 Å². The molecule has 3 rings (SSSR count). The van der Waals surface area contributed by atoms with E-state index in [0.717, 1.165) is 23.4 Å². The van der Waals surface area contributed by atoms with E-state index in [-0.39, 0.29) is 11.7 Å². The van der Waals surface area contributed by atoms with Gasteiger partial charge in [0.1, 0.15) is 12.4 Å². The SMILES string of the molecule is Cc1cc(OCC2CCC3(CCCC3)O2)ccc1N. The maximum absolute atomic E-state index is 6.24. The number of nitrogens with two attached hydrogens (primary N) is 1. The molecule has 0 radical (unpaired) electrons. The van der Waals surface area contributed by atoms with Crippen LogP contribution in [0.5, 0.6) is 5.75 Å². The Kier molecular flexibility index (Phi) is 3.40. The zero-order chi connectivity index (χ0) is 13.3. The van der Waals surface area contributed by atoms with Gasteiger partial charge >= 0.3 is 0 Å². The van der Waals surface area contributed by atoms with E-state index in [1.807, 2.05) is 25.1 Å². The molecular weight excluding hydrogens is 238 g/mol. The normalized spacial score (nSPS) is 25.0. The Morgan fingerprint density at radius 3 is 2.84 bits per heavy atom. The minimum atomic E-state index is 0.199. The van der Waals surface area contributed by atoms with Crippen LogP contribution in [0, 0.1) is 6.92 Å². The molecule has 0 bridgehead atoms. The Labute approximate surface area is 115 Å². The second-order valence-corrected chi connectivity index (χ2v) is 6.00. The summed E-state index contributed by atoms with van der Waals surface area (Å²) in [5.74, 6) is 0.891. The molecule has 1 saturated heterocycles. The van der Waals surface area contributed by atoms with Crippen molar-refractivity contribution in [3.8, 4) is 5.75 Å². The van der Waals surface area contributed by atoms with Crippen molar-refractivity contribution >= 4 is 5.69 Å². The van der Waals surface area contributed by atoms with Crippen LogP contribution in [-0.2, 0) is 4.74 Å². The smallest absolute Gasteiger partial charge is 0.119 e. The number of nitrogen functional groups attached to an aromatic ring is 1. The third-order valence-electron chi connectivity index (χ3n) is 4.53. The highest BCUT2D eigenvalue weighted by Crippen LogP contribution is 2.43. The molecule has 19 heavy (non-hydrogen) atoms. The molecule has 1 aliphatic heterocycles. The Morgan fingerprint density at radius 1 is 1.32 bits per heavy atom. The molecule has 2 fully saturated rings. The van der Waals surface area contributed by atoms with Gasteiger partial charge in [-0.15, -0.1) is 0 Å². The maximum atomic E-state index is 6.24. The lowest BCUT2D eigenvalue weighted by Gasteiger charge is -2.23. The Balaban J connectivity index is 1.54. The van der Waals surface area contributed by atoms with Gasteiger partial charge in [0.25, 0.3) is 0 Å².